The van der Waals surface area contributed by atoms with Crippen molar-refractivity contribution < 1.29 is 24.2 Å². The summed E-state index contributed by atoms with van der Waals surface area (Å²) in [6.45, 7) is 13.9. The second-order valence-corrected chi connectivity index (χ2v) is 12.0. The first kappa shape index (κ1) is 25.0. The molecule has 8 nitrogen and oxygen atoms in total. The molecule has 0 saturated carbocycles. The molecule has 3 rings (SSSR count). The molecule has 0 radical (unpaired) electrons. The van der Waals surface area contributed by atoms with Gasteiger partial charge in [0.2, 0.25) is 17.7 Å². The Bertz CT molecular complexity index is 774. The highest BCUT2D eigenvalue weighted by Gasteiger charge is 2.75. The normalized spacial score (nSPS) is 32.9. The molecule has 3 fully saturated rings. The molecular formula is C24H41N3O5. The molecule has 182 valence electrons. The number of aliphatic hydroxyl groups excluding tert-OH is 1. The van der Waals surface area contributed by atoms with Gasteiger partial charge in [-0.15, -0.1) is 0 Å². The van der Waals surface area contributed by atoms with E-state index in [4.69, 9.17) is 4.74 Å². The zero-order valence-corrected chi connectivity index (χ0v) is 20.8. The lowest BCUT2D eigenvalue weighted by atomic mass is 9.70. The van der Waals surface area contributed by atoms with E-state index < -0.39 is 35.1 Å². The highest BCUT2D eigenvalue weighted by molar-refractivity contribution is 5.99. The lowest BCUT2D eigenvalue weighted by Crippen LogP contribution is -2.61. The number of rotatable bonds is 7. The van der Waals surface area contributed by atoms with Gasteiger partial charge in [-0.3, -0.25) is 14.4 Å². The van der Waals surface area contributed by atoms with Crippen LogP contribution in [0.4, 0.5) is 0 Å². The van der Waals surface area contributed by atoms with Crippen LogP contribution in [0.3, 0.4) is 0 Å². The molecule has 32 heavy (non-hydrogen) atoms. The van der Waals surface area contributed by atoms with Crippen molar-refractivity contribution in [1.82, 2.24) is 15.5 Å². The highest BCUT2D eigenvalue weighted by atomic mass is 16.5. The van der Waals surface area contributed by atoms with Gasteiger partial charge in [0, 0.05) is 12.6 Å². The first-order valence-corrected chi connectivity index (χ1v) is 11.8. The van der Waals surface area contributed by atoms with E-state index in [1.165, 1.54) is 4.90 Å². The van der Waals surface area contributed by atoms with Crippen molar-refractivity contribution in [3.63, 3.8) is 0 Å². The van der Waals surface area contributed by atoms with E-state index >= 15 is 0 Å². The first-order valence-electron chi connectivity index (χ1n) is 11.8. The maximum absolute atomic E-state index is 13.8. The van der Waals surface area contributed by atoms with Crippen LogP contribution in [0.2, 0.25) is 0 Å². The number of carbonyl (C=O) groups excluding carboxylic acids is 3. The molecule has 2 unspecified atom stereocenters. The molecule has 0 aromatic rings. The van der Waals surface area contributed by atoms with Crippen molar-refractivity contribution in [1.29, 1.82) is 0 Å². The zero-order valence-electron chi connectivity index (χ0n) is 20.8. The van der Waals surface area contributed by atoms with Crippen LogP contribution in [0.25, 0.3) is 0 Å². The molecule has 1 spiro atoms. The third-order valence-electron chi connectivity index (χ3n) is 7.28. The van der Waals surface area contributed by atoms with Gasteiger partial charge in [0.25, 0.3) is 0 Å². The number of fused-ring (bicyclic) bond motifs is 1. The SMILES string of the molecule is CNC(=O)[C@@H]1[C@@H]2CCC3(O2)C(C(=O)NC(C)(C)CC(C)(C)C)N([C@@H](CO)C(C)C)C(=O)[C@H]13. The van der Waals surface area contributed by atoms with E-state index in [-0.39, 0.29) is 41.8 Å². The second kappa shape index (κ2) is 8.28. The van der Waals surface area contributed by atoms with E-state index in [9.17, 15) is 19.5 Å². The Morgan fingerprint density at radius 2 is 1.84 bits per heavy atom. The number of ether oxygens (including phenoxy) is 1. The zero-order chi connectivity index (χ0) is 24.2. The average Bonchev–Trinajstić information content (AvgIpc) is 3.27. The quantitative estimate of drug-likeness (QED) is 0.543. The minimum atomic E-state index is -1.04. The molecular weight excluding hydrogens is 410 g/mol. The van der Waals surface area contributed by atoms with E-state index in [1.54, 1.807) is 7.05 Å². The maximum Gasteiger partial charge on any atom is 0.246 e. The van der Waals surface area contributed by atoms with Gasteiger partial charge in [-0.1, -0.05) is 34.6 Å². The Balaban J connectivity index is 2.03. The fraction of sp³-hybridized carbons (Fsp3) is 0.875. The fourth-order valence-corrected chi connectivity index (χ4v) is 6.61. The molecule has 3 aliphatic rings. The van der Waals surface area contributed by atoms with Crippen LogP contribution in [0.15, 0.2) is 0 Å². The standard InChI is InChI=1S/C24H41N3O5/c1-13(2)14(11-28)27-18(20(30)26-23(6,7)12-22(3,4)5)24-10-9-15(32-24)16(19(29)25-8)17(24)21(27)31/h13-18,28H,9-12H2,1-8H3,(H,25,29)(H,26,30)/t14-,15-,16+,17-,18?,24?/m0/s1. The van der Waals surface area contributed by atoms with E-state index in [1.807, 2.05) is 27.7 Å². The summed E-state index contributed by atoms with van der Waals surface area (Å²) in [6, 6.07) is -1.41. The van der Waals surface area contributed by atoms with Crippen molar-refractivity contribution in [2.24, 2.45) is 23.2 Å². The number of likely N-dealkylation sites (tertiary alicyclic amines) is 1. The minimum Gasteiger partial charge on any atom is -0.394 e. The summed E-state index contributed by atoms with van der Waals surface area (Å²) < 4.78 is 6.38. The van der Waals surface area contributed by atoms with Crippen LogP contribution in [-0.4, -0.2) is 70.7 Å². The Hall–Kier alpha value is -1.67. The summed E-state index contributed by atoms with van der Waals surface area (Å²) in [5, 5.41) is 16.0. The van der Waals surface area contributed by atoms with Crippen molar-refractivity contribution in [2.75, 3.05) is 13.7 Å². The molecule has 6 atom stereocenters. The summed E-state index contributed by atoms with van der Waals surface area (Å²) >= 11 is 0. The van der Waals surface area contributed by atoms with E-state index in [0.29, 0.717) is 12.8 Å². The Morgan fingerprint density at radius 3 is 2.34 bits per heavy atom. The first-order chi connectivity index (χ1) is 14.7. The molecule has 3 amide bonds. The predicted octanol–water partition coefficient (Wildman–Crippen LogP) is 1.45. The molecule has 8 heteroatoms. The van der Waals surface area contributed by atoms with Crippen LogP contribution in [0.1, 0.15) is 67.7 Å². The molecule has 0 aliphatic carbocycles. The van der Waals surface area contributed by atoms with Crippen molar-refractivity contribution in [2.45, 2.75) is 97.1 Å². The predicted molar refractivity (Wildman–Crippen MR) is 121 cm³/mol. The van der Waals surface area contributed by atoms with Gasteiger partial charge < -0.3 is 25.4 Å². The molecule has 2 bridgehead atoms. The van der Waals surface area contributed by atoms with Gasteiger partial charge in [-0.2, -0.15) is 0 Å². The molecule has 3 saturated heterocycles. The molecule has 0 aromatic heterocycles. The number of aliphatic hydroxyl groups is 1. The number of carbonyl (C=O) groups is 3. The second-order valence-electron chi connectivity index (χ2n) is 12.0. The molecule has 0 aromatic carbocycles. The maximum atomic E-state index is 13.8. The summed E-state index contributed by atoms with van der Waals surface area (Å²) in [5.74, 6) is -2.15. The topological polar surface area (TPSA) is 108 Å². The third kappa shape index (κ3) is 4.04. The number of amides is 3. The van der Waals surface area contributed by atoms with Crippen LogP contribution < -0.4 is 10.6 Å². The lowest BCUT2D eigenvalue weighted by molar-refractivity contribution is -0.147. The minimum absolute atomic E-state index is 0.000965. The number of hydrogen-bond acceptors (Lipinski definition) is 5. The Kier molecular flexibility index (Phi) is 6.46. The summed E-state index contributed by atoms with van der Waals surface area (Å²) in [7, 11) is 1.56. The highest BCUT2D eigenvalue weighted by Crippen LogP contribution is 2.59. The number of nitrogens with one attached hydrogen (secondary N) is 2. The summed E-state index contributed by atoms with van der Waals surface area (Å²) in [6.07, 6.45) is 1.57. The van der Waals surface area contributed by atoms with Gasteiger partial charge in [-0.05, 0) is 44.4 Å². The van der Waals surface area contributed by atoms with E-state index in [0.717, 1.165) is 6.42 Å². The van der Waals surface area contributed by atoms with Crippen LogP contribution >= 0.6 is 0 Å². The van der Waals surface area contributed by atoms with Crippen molar-refractivity contribution in [3.8, 4) is 0 Å². The monoisotopic (exact) mass is 451 g/mol. The van der Waals surface area contributed by atoms with Gasteiger partial charge in [-0.25, -0.2) is 0 Å². The van der Waals surface area contributed by atoms with Crippen LogP contribution in [0.5, 0.6) is 0 Å². The number of nitrogens with zero attached hydrogens (tertiary/aromatic N) is 1. The third-order valence-corrected chi connectivity index (χ3v) is 7.28. The van der Waals surface area contributed by atoms with E-state index in [2.05, 4.69) is 31.4 Å². The van der Waals surface area contributed by atoms with Gasteiger partial charge in [0.1, 0.15) is 11.6 Å². The van der Waals surface area contributed by atoms with Crippen LogP contribution in [0, 0.1) is 23.2 Å². The fourth-order valence-electron chi connectivity index (χ4n) is 6.61. The average molecular weight is 452 g/mol. The van der Waals surface area contributed by atoms with Crippen molar-refractivity contribution >= 4 is 17.7 Å². The molecule has 3 N–H and O–H groups in total. The summed E-state index contributed by atoms with van der Waals surface area (Å²) in [4.78, 5) is 41.9. The lowest BCUT2D eigenvalue weighted by Gasteiger charge is -2.41. The van der Waals surface area contributed by atoms with Gasteiger partial charge in [0.05, 0.1) is 30.6 Å². The van der Waals surface area contributed by atoms with Gasteiger partial charge >= 0.3 is 0 Å². The largest absolute Gasteiger partial charge is 0.394 e. The smallest absolute Gasteiger partial charge is 0.246 e. The summed E-state index contributed by atoms with van der Waals surface area (Å²) in [5.41, 5.74) is -1.54. The van der Waals surface area contributed by atoms with Gasteiger partial charge in [0.15, 0.2) is 0 Å². The molecule has 3 heterocycles. The Morgan fingerprint density at radius 1 is 1.22 bits per heavy atom. The number of hydrogen-bond donors (Lipinski definition) is 3. The van der Waals surface area contributed by atoms with Crippen LogP contribution in [-0.2, 0) is 19.1 Å². The Labute approximate surface area is 191 Å². The molecule has 3 aliphatic heterocycles. The van der Waals surface area contributed by atoms with Crippen molar-refractivity contribution in [3.05, 3.63) is 0 Å².